The number of hydrogen-bond donors (Lipinski definition) is 0. The van der Waals surface area contributed by atoms with E-state index >= 15 is 0 Å². The molecule has 0 aromatic carbocycles. The Bertz CT molecular complexity index is 430. The van der Waals surface area contributed by atoms with E-state index in [0.29, 0.717) is 24.3 Å². The highest BCUT2D eigenvalue weighted by molar-refractivity contribution is 7.12. The fraction of sp³-hybridized carbons (Fsp3) is 0.688. The Morgan fingerprint density at radius 2 is 2.30 bits per heavy atom. The van der Waals surface area contributed by atoms with E-state index in [1.54, 1.807) is 11.3 Å². The second-order valence-corrected chi connectivity index (χ2v) is 6.75. The summed E-state index contributed by atoms with van der Waals surface area (Å²) in [5, 5.41) is 1.97. The molecule has 0 N–H and O–H groups in total. The number of ether oxygens (including phenoxy) is 1. The lowest BCUT2D eigenvalue weighted by Gasteiger charge is -2.43. The summed E-state index contributed by atoms with van der Waals surface area (Å²) in [7, 11) is 0. The third kappa shape index (κ3) is 3.30. The number of thiophene rings is 1. The van der Waals surface area contributed by atoms with E-state index in [1.165, 1.54) is 25.7 Å². The molecule has 1 aromatic rings. The van der Waals surface area contributed by atoms with Crippen molar-refractivity contribution in [2.24, 2.45) is 0 Å². The lowest BCUT2D eigenvalue weighted by atomic mass is 9.90. The topological polar surface area (TPSA) is 29.5 Å². The molecule has 2 unspecified atom stereocenters. The standard InChI is InChI=1S/C16H23NO2S/c18-14(16-8-4-12-20-16)6-3-9-17-10-11-19-15-7-2-1-5-13(15)17/h4,8,12-13,15H,1-3,5-7,9-11H2. The van der Waals surface area contributed by atoms with Crippen LogP contribution < -0.4 is 0 Å². The second-order valence-electron chi connectivity index (χ2n) is 5.80. The molecule has 3 rings (SSSR count). The Balaban J connectivity index is 1.46. The van der Waals surface area contributed by atoms with Crippen molar-refractivity contribution in [3.63, 3.8) is 0 Å². The number of Topliss-reactive ketones (excluding diaryl/α,β-unsaturated/α-hetero) is 1. The molecule has 0 amide bonds. The molecule has 1 saturated heterocycles. The number of carbonyl (C=O) groups excluding carboxylic acids is 1. The van der Waals surface area contributed by atoms with Crippen LogP contribution in [0, 0.1) is 0 Å². The van der Waals surface area contributed by atoms with Gasteiger partial charge in [-0.25, -0.2) is 0 Å². The molecule has 0 radical (unpaired) electrons. The number of rotatable bonds is 5. The van der Waals surface area contributed by atoms with Crippen molar-refractivity contribution in [2.45, 2.75) is 50.7 Å². The first-order chi connectivity index (χ1) is 9.84. The summed E-state index contributed by atoms with van der Waals surface area (Å²) in [6, 6.07) is 4.49. The molecule has 2 aliphatic rings. The van der Waals surface area contributed by atoms with Gasteiger partial charge in [-0.3, -0.25) is 9.69 Å². The van der Waals surface area contributed by atoms with E-state index in [0.717, 1.165) is 31.0 Å². The zero-order valence-electron chi connectivity index (χ0n) is 11.9. The highest BCUT2D eigenvalue weighted by atomic mass is 32.1. The minimum Gasteiger partial charge on any atom is -0.375 e. The molecule has 20 heavy (non-hydrogen) atoms. The molecule has 110 valence electrons. The van der Waals surface area contributed by atoms with Crippen molar-refractivity contribution in [1.29, 1.82) is 0 Å². The zero-order valence-corrected chi connectivity index (χ0v) is 12.7. The van der Waals surface area contributed by atoms with Crippen LogP contribution in [0.2, 0.25) is 0 Å². The van der Waals surface area contributed by atoms with E-state index in [2.05, 4.69) is 4.90 Å². The van der Waals surface area contributed by atoms with Crippen LogP contribution in [-0.4, -0.2) is 42.5 Å². The van der Waals surface area contributed by atoms with Crippen molar-refractivity contribution in [2.75, 3.05) is 19.7 Å². The Morgan fingerprint density at radius 3 is 3.15 bits per heavy atom. The normalized spacial score (nSPS) is 27.2. The average Bonchev–Trinajstić information content (AvgIpc) is 3.02. The first kappa shape index (κ1) is 14.2. The van der Waals surface area contributed by atoms with Crippen molar-refractivity contribution < 1.29 is 9.53 Å². The summed E-state index contributed by atoms with van der Waals surface area (Å²) < 4.78 is 5.89. The number of fused-ring (bicyclic) bond motifs is 1. The SMILES string of the molecule is O=C(CCCN1CCOC2CCCCC21)c1cccs1. The molecule has 1 saturated carbocycles. The maximum absolute atomic E-state index is 12.0. The van der Waals surface area contributed by atoms with Gasteiger partial charge in [-0.05, 0) is 37.3 Å². The molecule has 1 aliphatic carbocycles. The molecular weight excluding hydrogens is 270 g/mol. The van der Waals surface area contributed by atoms with Crippen LogP contribution in [0.4, 0.5) is 0 Å². The van der Waals surface area contributed by atoms with Crippen LogP contribution >= 0.6 is 11.3 Å². The van der Waals surface area contributed by atoms with E-state index in [9.17, 15) is 4.79 Å². The second kappa shape index (κ2) is 6.83. The summed E-state index contributed by atoms with van der Waals surface area (Å²) in [5.74, 6) is 0.299. The molecular formula is C16H23NO2S. The van der Waals surface area contributed by atoms with Gasteiger partial charge in [0.15, 0.2) is 5.78 Å². The van der Waals surface area contributed by atoms with Gasteiger partial charge in [0.05, 0.1) is 17.6 Å². The van der Waals surface area contributed by atoms with Crippen LogP contribution in [0.3, 0.4) is 0 Å². The maximum Gasteiger partial charge on any atom is 0.172 e. The summed E-state index contributed by atoms with van der Waals surface area (Å²) in [4.78, 5) is 15.5. The summed E-state index contributed by atoms with van der Waals surface area (Å²) in [6.07, 6.45) is 7.22. The van der Waals surface area contributed by atoms with Gasteiger partial charge in [0.1, 0.15) is 0 Å². The van der Waals surface area contributed by atoms with Crippen molar-refractivity contribution in [3.05, 3.63) is 22.4 Å². The first-order valence-corrected chi connectivity index (χ1v) is 8.65. The van der Waals surface area contributed by atoms with Gasteiger partial charge >= 0.3 is 0 Å². The monoisotopic (exact) mass is 293 g/mol. The Labute approximate surface area is 124 Å². The fourth-order valence-electron chi connectivity index (χ4n) is 3.46. The number of morpholine rings is 1. The van der Waals surface area contributed by atoms with E-state index in [-0.39, 0.29) is 0 Å². The van der Waals surface area contributed by atoms with Gasteiger partial charge in [0.2, 0.25) is 0 Å². The number of nitrogens with zero attached hydrogens (tertiary/aromatic N) is 1. The predicted octanol–water partition coefficient (Wildman–Crippen LogP) is 3.35. The van der Waals surface area contributed by atoms with Gasteiger partial charge in [0.25, 0.3) is 0 Å². The van der Waals surface area contributed by atoms with Gasteiger partial charge in [-0.15, -0.1) is 11.3 Å². The van der Waals surface area contributed by atoms with Gasteiger partial charge in [-0.2, -0.15) is 0 Å². The lowest BCUT2D eigenvalue weighted by Crippen LogP contribution is -2.52. The quantitative estimate of drug-likeness (QED) is 0.780. The van der Waals surface area contributed by atoms with Gasteiger partial charge in [0, 0.05) is 19.0 Å². The minimum absolute atomic E-state index is 0.299. The van der Waals surface area contributed by atoms with E-state index < -0.39 is 0 Å². The summed E-state index contributed by atoms with van der Waals surface area (Å²) >= 11 is 1.55. The largest absolute Gasteiger partial charge is 0.375 e. The maximum atomic E-state index is 12.0. The number of carbonyl (C=O) groups is 1. The summed E-state index contributed by atoms with van der Waals surface area (Å²) in [6.45, 7) is 2.94. The van der Waals surface area contributed by atoms with Crippen molar-refractivity contribution in [1.82, 2.24) is 4.90 Å². The van der Waals surface area contributed by atoms with Gasteiger partial charge < -0.3 is 4.74 Å². The van der Waals surface area contributed by atoms with Gasteiger partial charge in [-0.1, -0.05) is 18.9 Å². The molecule has 1 aliphatic heterocycles. The molecule has 2 atom stereocenters. The summed E-state index contributed by atoms with van der Waals surface area (Å²) in [5.41, 5.74) is 0. The number of ketones is 1. The Hall–Kier alpha value is -0.710. The molecule has 0 bridgehead atoms. The van der Waals surface area contributed by atoms with Crippen molar-refractivity contribution >= 4 is 17.1 Å². The molecule has 2 fully saturated rings. The van der Waals surface area contributed by atoms with Crippen LogP contribution in [0.25, 0.3) is 0 Å². The number of hydrogen-bond acceptors (Lipinski definition) is 4. The highest BCUT2D eigenvalue weighted by Crippen LogP contribution is 2.28. The zero-order chi connectivity index (χ0) is 13.8. The molecule has 0 spiro atoms. The Kier molecular flexibility index (Phi) is 4.86. The Morgan fingerprint density at radius 1 is 1.40 bits per heavy atom. The minimum atomic E-state index is 0.299. The molecule has 1 aromatic heterocycles. The molecule has 4 heteroatoms. The van der Waals surface area contributed by atoms with Crippen LogP contribution in [0.1, 0.15) is 48.2 Å². The molecule has 3 nitrogen and oxygen atoms in total. The average molecular weight is 293 g/mol. The molecule has 2 heterocycles. The fourth-order valence-corrected chi connectivity index (χ4v) is 4.15. The lowest BCUT2D eigenvalue weighted by molar-refractivity contribution is -0.0880. The van der Waals surface area contributed by atoms with E-state index in [1.807, 2.05) is 17.5 Å². The third-order valence-corrected chi connectivity index (χ3v) is 5.40. The van der Waals surface area contributed by atoms with Crippen LogP contribution in [-0.2, 0) is 4.74 Å². The van der Waals surface area contributed by atoms with E-state index in [4.69, 9.17) is 4.74 Å². The third-order valence-electron chi connectivity index (χ3n) is 4.49. The first-order valence-electron chi connectivity index (χ1n) is 7.77. The van der Waals surface area contributed by atoms with Crippen LogP contribution in [0.15, 0.2) is 17.5 Å². The van der Waals surface area contributed by atoms with Crippen molar-refractivity contribution in [3.8, 4) is 0 Å². The smallest absolute Gasteiger partial charge is 0.172 e. The predicted molar refractivity (Wildman–Crippen MR) is 81.5 cm³/mol. The van der Waals surface area contributed by atoms with Crippen LogP contribution in [0.5, 0.6) is 0 Å². The highest BCUT2D eigenvalue weighted by Gasteiger charge is 2.33.